The van der Waals surface area contributed by atoms with Crippen LogP contribution in [0, 0.1) is 11.6 Å². The van der Waals surface area contributed by atoms with Gasteiger partial charge >= 0.3 is 0 Å². The van der Waals surface area contributed by atoms with Crippen molar-refractivity contribution in [3.8, 4) is 11.1 Å². The van der Waals surface area contributed by atoms with Gasteiger partial charge < -0.3 is 15.8 Å². The normalized spacial score (nSPS) is 10.8. The summed E-state index contributed by atoms with van der Waals surface area (Å²) in [6.45, 7) is 0.959. The molecule has 2 heterocycles. The van der Waals surface area contributed by atoms with E-state index in [0.29, 0.717) is 18.8 Å². The summed E-state index contributed by atoms with van der Waals surface area (Å²) in [7, 11) is 1.57. The number of amides is 1. The highest BCUT2D eigenvalue weighted by molar-refractivity contribution is 6.01. The summed E-state index contributed by atoms with van der Waals surface area (Å²) in [5.74, 6) is -2.51. The first-order valence-corrected chi connectivity index (χ1v) is 7.89. The van der Waals surface area contributed by atoms with Crippen molar-refractivity contribution in [1.29, 1.82) is 0 Å². The van der Waals surface area contributed by atoms with E-state index in [2.05, 4.69) is 20.6 Å². The average molecular weight is 374 g/mol. The van der Waals surface area contributed by atoms with Crippen molar-refractivity contribution in [3.05, 3.63) is 54.1 Å². The van der Waals surface area contributed by atoms with Crippen LogP contribution in [0.1, 0.15) is 10.5 Å². The number of methoxy groups -OCH3 is 1. The molecule has 3 aromatic rings. The van der Waals surface area contributed by atoms with Crippen molar-refractivity contribution in [2.24, 2.45) is 5.73 Å². The molecule has 3 N–H and O–H groups in total. The fraction of sp³-hybridized carbons (Fsp3) is 0.176. The number of halogens is 2. The maximum atomic E-state index is 14.3. The number of benzene rings is 1. The summed E-state index contributed by atoms with van der Waals surface area (Å²) in [5.41, 5.74) is 5.28. The lowest BCUT2D eigenvalue weighted by atomic mass is 10.0. The van der Waals surface area contributed by atoms with Gasteiger partial charge in [0.25, 0.3) is 5.91 Å². The summed E-state index contributed by atoms with van der Waals surface area (Å²) < 4.78 is 35.1. The van der Waals surface area contributed by atoms with Gasteiger partial charge in [-0.1, -0.05) is 6.07 Å². The molecule has 0 atom stereocenters. The molecule has 1 aromatic carbocycles. The van der Waals surface area contributed by atoms with E-state index in [0.717, 1.165) is 18.3 Å². The third-order valence-corrected chi connectivity index (χ3v) is 3.74. The van der Waals surface area contributed by atoms with Gasteiger partial charge in [-0.25, -0.2) is 8.78 Å². The number of carbonyl (C=O) groups excluding carboxylic acids is 1. The number of aromatic nitrogens is 4. The number of nitrogens with zero attached hydrogens (tertiary/aromatic N) is 4. The van der Waals surface area contributed by atoms with E-state index in [-0.39, 0.29) is 22.5 Å². The number of carbonyl (C=O) groups is 1. The Labute approximate surface area is 153 Å². The van der Waals surface area contributed by atoms with Gasteiger partial charge in [0.2, 0.25) is 0 Å². The maximum Gasteiger partial charge on any atom is 0.271 e. The number of hydrogen-bond donors (Lipinski definition) is 2. The van der Waals surface area contributed by atoms with Crippen LogP contribution < -0.4 is 11.1 Å². The topological polar surface area (TPSA) is 108 Å². The summed E-state index contributed by atoms with van der Waals surface area (Å²) in [6.07, 6.45) is 4.29. The Bertz CT molecular complexity index is 956. The number of ether oxygens (including phenoxy) is 1. The van der Waals surface area contributed by atoms with E-state index < -0.39 is 17.5 Å². The van der Waals surface area contributed by atoms with E-state index in [1.54, 1.807) is 18.0 Å². The fourth-order valence-corrected chi connectivity index (χ4v) is 2.51. The van der Waals surface area contributed by atoms with E-state index >= 15 is 0 Å². The molecule has 1 amide bonds. The number of rotatable bonds is 7. The van der Waals surface area contributed by atoms with Gasteiger partial charge in [-0.15, -0.1) is 5.10 Å². The van der Waals surface area contributed by atoms with Crippen LogP contribution in [0.5, 0.6) is 0 Å². The summed E-state index contributed by atoms with van der Waals surface area (Å²) >= 11 is 0. The zero-order chi connectivity index (χ0) is 19.4. The second-order valence-corrected chi connectivity index (χ2v) is 5.55. The molecule has 27 heavy (non-hydrogen) atoms. The third-order valence-electron chi connectivity index (χ3n) is 3.74. The number of primary amides is 1. The van der Waals surface area contributed by atoms with Gasteiger partial charge in [0.05, 0.1) is 42.5 Å². The van der Waals surface area contributed by atoms with Crippen LogP contribution in [-0.2, 0) is 11.3 Å². The smallest absolute Gasteiger partial charge is 0.271 e. The molecule has 140 valence electrons. The minimum atomic E-state index is -0.893. The van der Waals surface area contributed by atoms with Gasteiger partial charge in [-0.3, -0.25) is 9.48 Å². The van der Waals surface area contributed by atoms with Gasteiger partial charge in [-0.2, -0.15) is 10.2 Å². The van der Waals surface area contributed by atoms with Gasteiger partial charge in [0.1, 0.15) is 11.6 Å². The Morgan fingerprint density at radius 2 is 2.04 bits per heavy atom. The predicted octanol–water partition coefficient (Wildman–Crippen LogP) is 2.11. The van der Waals surface area contributed by atoms with E-state index in [1.165, 1.54) is 12.3 Å². The molecule has 0 unspecified atom stereocenters. The summed E-state index contributed by atoms with van der Waals surface area (Å²) in [5, 5.41) is 14.4. The second-order valence-electron chi connectivity index (χ2n) is 5.55. The molecular weight excluding hydrogens is 358 g/mol. The first-order valence-electron chi connectivity index (χ1n) is 7.89. The lowest BCUT2D eigenvalue weighted by Gasteiger charge is -2.14. The van der Waals surface area contributed by atoms with Crippen LogP contribution in [0.2, 0.25) is 0 Å². The highest BCUT2D eigenvalue weighted by Gasteiger charge is 2.22. The highest BCUT2D eigenvalue weighted by atomic mass is 19.1. The molecule has 10 heteroatoms. The molecule has 0 bridgehead atoms. The quantitative estimate of drug-likeness (QED) is 0.656. The number of nitrogens with one attached hydrogen (secondary N) is 1. The fourth-order valence-electron chi connectivity index (χ4n) is 2.51. The minimum Gasteiger partial charge on any atom is -0.383 e. The first-order chi connectivity index (χ1) is 13.0. The number of anilines is 2. The van der Waals surface area contributed by atoms with Crippen molar-refractivity contribution < 1.29 is 18.3 Å². The SMILES string of the molecule is COCCn1cc(Nc2c(-c3c(F)cccc3F)cnnc2C(N)=O)cn1. The third kappa shape index (κ3) is 3.90. The average Bonchev–Trinajstić information content (AvgIpc) is 3.08. The molecule has 8 nitrogen and oxygen atoms in total. The number of hydrogen-bond acceptors (Lipinski definition) is 6. The molecule has 0 saturated heterocycles. The lowest BCUT2D eigenvalue weighted by Crippen LogP contribution is -2.17. The molecule has 0 aliphatic carbocycles. The Hall–Kier alpha value is -3.40. The lowest BCUT2D eigenvalue weighted by molar-refractivity contribution is 0.0995. The van der Waals surface area contributed by atoms with Gasteiger partial charge in [0, 0.05) is 18.9 Å². The van der Waals surface area contributed by atoms with Crippen LogP contribution in [0.15, 0.2) is 36.8 Å². The Kier molecular flexibility index (Phi) is 5.36. The summed E-state index contributed by atoms with van der Waals surface area (Å²) in [6, 6.07) is 3.45. The second kappa shape index (κ2) is 7.87. The zero-order valence-electron chi connectivity index (χ0n) is 14.3. The van der Waals surface area contributed by atoms with E-state index in [9.17, 15) is 13.6 Å². The Morgan fingerprint density at radius 3 is 2.70 bits per heavy atom. The zero-order valence-corrected chi connectivity index (χ0v) is 14.3. The summed E-state index contributed by atoms with van der Waals surface area (Å²) in [4.78, 5) is 11.8. The van der Waals surface area contributed by atoms with Crippen LogP contribution in [0.4, 0.5) is 20.2 Å². The Morgan fingerprint density at radius 1 is 1.30 bits per heavy atom. The van der Waals surface area contributed by atoms with Gasteiger partial charge in [0.15, 0.2) is 5.69 Å². The molecule has 0 saturated carbocycles. The molecule has 0 radical (unpaired) electrons. The van der Waals surface area contributed by atoms with Crippen LogP contribution >= 0.6 is 0 Å². The van der Waals surface area contributed by atoms with Crippen molar-refractivity contribution >= 4 is 17.3 Å². The van der Waals surface area contributed by atoms with Gasteiger partial charge in [-0.05, 0) is 12.1 Å². The predicted molar refractivity (Wildman–Crippen MR) is 93.3 cm³/mol. The molecule has 3 rings (SSSR count). The molecule has 0 fully saturated rings. The van der Waals surface area contributed by atoms with Crippen LogP contribution in [0.25, 0.3) is 11.1 Å². The van der Waals surface area contributed by atoms with Crippen LogP contribution in [0.3, 0.4) is 0 Å². The van der Waals surface area contributed by atoms with Crippen molar-refractivity contribution in [3.63, 3.8) is 0 Å². The molecule has 0 aliphatic rings. The maximum absolute atomic E-state index is 14.3. The molecule has 0 spiro atoms. The standard InChI is InChI=1S/C17H16F2N6O2/c1-27-6-5-25-9-10(7-22-25)23-15-11(8-21-24-16(15)17(20)26)14-12(18)3-2-4-13(14)19/h2-4,7-9H,5-6H2,1H3,(H2,20,26)(H,21,23). The molecular formula is C17H16F2N6O2. The van der Waals surface area contributed by atoms with E-state index in [4.69, 9.17) is 10.5 Å². The highest BCUT2D eigenvalue weighted by Crippen LogP contribution is 2.34. The van der Waals surface area contributed by atoms with E-state index in [1.807, 2.05) is 0 Å². The van der Waals surface area contributed by atoms with Crippen molar-refractivity contribution in [1.82, 2.24) is 20.0 Å². The monoisotopic (exact) mass is 374 g/mol. The Balaban J connectivity index is 2.07. The molecule has 2 aromatic heterocycles. The first kappa shape index (κ1) is 18.4. The number of nitrogens with two attached hydrogens (primary N) is 1. The van der Waals surface area contributed by atoms with Crippen molar-refractivity contribution in [2.45, 2.75) is 6.54 Å². The molecule has 0 aliphatic heterocycles. The van der Waals surface area contributed by atoms with Crippen molar-refractivity contribution in [2.75, 3.05) is 19.0 Å². The van der Waals surface area contributed by atoms with Crippen LogP contribution in [-0.4, -0.2) is 39.6 Å². The largest absolute Gasteiger partial charge is 0.383 e. The minimum absolute atomic E-state index is 0.0130.